The zero-order valence-electron chi connectivity index (χ0n) is 8.48. The highest BCUT2D eigenvalue weighted by atomic mass is 32.1. The van der Waals surface area contributed by atoms with E-state index < -0.39 is 4.92 Å². The number of benzene rings is 1. The maximum atomic E-state index is 10.6. The molecule has 7 heteroatoms. The van der Waals surface area contributed by atoms with E-state index in [2.05, 4.69) is 10.1 Å². The lowest BCUT2D eigenvalue weighted by Gasteiger charge is -1.89. The van der Waals surface area contributed by atoms with E-state index in [0.29, 0.717) is 5.13 Å². The molecule has 0 radical (unpaired) electrons. The second-order valence-electron chi connectivity index (χ2n) is 3.36. The van der Waals surface area contributed by atoms with Gasteiger partial charge in [-0.2, -0.15) is 5.10 Å². The summed E-state index contributed by atoms with van der Waals surface area (Å²) in [5.41, 5.74) is 0.829. The summed E-state index contributed by atoms with van der Waals surface area (Å²) in [5.74, 6) is 0. The van der Waals surface area contributed by atoms with Crippen LogP contribution in [0.25, 0.3) is 15.3 Å². The molecule has 3 aromatic rings. The van der Waals surface area contributed by atoms with Crippen LogP contribution in [0.1, 0.15) is 0 Å². The largest absolute Gasteiger partial charge is 0.307 e. The van der Waals surface area contributed by atoms with E-state index in [1.165, 1.54) is 28.4 Å². The van der Waals surface area contributed by atoms with Crippen LogP contribution in [0.15, 0.2) is 36.7 Å². The SMILES string of the molecule is O=[N+]([O-])c1cnn(-c2nc3ccccc3s2)c1. The highest BCUT2D eigenvalue weighted by Crippen LogP contribution is 2.24. The number of nitrogens with zero attached hydrogens (tertiary/aromatic N) is 4. The number of thiazole rings is 1. The molecule has 0 N–H and O–H groups in total. The second-order valence-corrected chi connectivity index (χ2v) is 4.37. The average molecular weight is 246 g/mol. The predicted molar refractivity (Wildman–Crippen MR) is 63.4 cm³/mol. The van der Waals surface area contributed by atoms with Crippen molar-refractivity contribution < 1.29 is 4.92 Å². The molecule has 0 bridgehead atoms. The first-order valence-electron chi connectivity index (χ1n) is 4.79. The molecule has 0 aliphatic rings. The Morgan fingerprint density at radius 2 is 2.18 bits per heavy atom. The van der Waals surface area contributed by atoms with Gasteiger partial charge in [-0.25, -0.2) is 9.67 Å². The molecule has 2 aromatic heterocycles. The van der Waals surface area contributed by atoms with Gasteiger partial charge in [-0.05, 0) is 12.1 Å². The first-order valence-corrected chi connectivity index (χ1v) is 5.61. The van der Waals surface area contributed by atoms with Gasteiger partial charge in [0, 0.05) is 0 Å². The van der Waals surface area contributed by atoms with Crippen molar-refractivity contribution in [1.29, 1.82) is 0 Å². The molecule has 0 aliphatic heterocycles. The zero-order valence-corrected chi connectivity index (χ0v) is 9.29. The Bertz CT molecular complexity index is 670. The van der Waals surface area contributed by atoms with Crippen LogP contribution < -0.4 is 0 Å². The van der Waals surface area contributed by atoms with Gasteiger partial charge in [0.1, 0.15) is 12.4 Å². The first-order chi connectivity index (χ1) is 8.24. The number of aromatic nitrogens is 3. The van der Waals surface area contributed by atoms with Crippen molar-refractivity contribution in [3.05, 3.63) is 46.8 Å². The smallest absolute Gasteiger partial charge is 0.258 e. The molecule has 3 rings (SSSR count). The van der Waals surface area contributed by atoms with Crippen molar-refractivity contribution in [2.45, 2.75) is 0 Å². The Kier molecular flexibility index (Phi) is 2.12. The normalized spacial score (nSPS) is 10.8. The van der Waals surface area contributed by atoms with Gasteiger partial charge in [-0.15, -0.1) is 0 Å². The molecule has 0 aliphatic carbocycles. The summed E-state index contributed by atoms with van der Waals surface area (Å²) in [6.45, 7) is 0. The maximum Gasteiger partial charge on any atom is 0.307 e. The van der Waals surface area contributed by atoms with Gasteiger partial charge in [0.15, 0.2) is 0 Å². The molecule has 0 fully saturated rings. The van der Waals surface area contributed by atoms with E-state index in [9.17, 15) is 10.1 Å². The topological polar surface area (TPSA) is 73.8 Å². The summed E-state index contributed by atoms with van der Waals surface area (Å²) in [7, 11) is 0. The maximum absolute atomic E-state index is 10.6. The summed E-state index contributed by atoms with van der Waals surface area (Å²) < 4.78 is 2.45. The molecule has 0 amide bonds. The van der Waals surface area contributed by atoms with Gasteiger partial charge < -0.3 is 0 Å². The van der Waals surface area contributed by atoms with Gasteiger partial charge in [-0.3, -0.25) is 10.1 Å². The Labute approximate surface area is 99.3 Å². The lowest BCUT2D eigenvalue weighted by molar-refractivity contribution is -0.384. The molecule has 0 saturated carbocycles. The Morgan fingerprint density at radius 3 is 2.88 bits per heavy atom. The fourth-order valence-electron chi connectivity index (χ4n) is 1.47. The Balaban J connectivity index is 2.10. The van der Waals surface area contributed by atoms with Crippen molar-refractivity contribution in [3.63, 3.8) is 0 Å². The van der Waals surface area contributed by atoms with E-state index >= 15 is 0 Å². The van der Waals surface area contributed by atoms with Crippen LogP contribution in [-0.4, -0.2) is 19.7 Å². The van der Waals surface area contributed by atoms with Gasteiger partial charge in [-0.1, -0.05) is 23.5 Å². The highest BCUT2D eigenvalue weighted by molar-refractivity contribution is 7.20. The number of para-hydroxylation sites is 1. The second kappa shape index (κ2) is 3.63. The molecule has 0 unspecified atom stereocenters. The van der Waals surface area contributed by atoms with Crippen molar-refractivity contribution in [1.82, 2.24) is 14.8 Å². The third kappa shape index (κ3) is 1.66. The van der Waals surface area contributed by atoms with Gasteiger partial charge in [0.05, 0.1) is 15.1 Å². The molecule has 0 saturated heterocycles. The fraction of sp³-hybridized carbons (Fsp3) is 0. The monoisotopic (exact) mass is 246 g/mol. The zero-order chi connectivity index (χ0) is 11.8. The average Bonchev–Trinajstić information content (AvgIpc) is 2.95. The first kappa shape index (κ1) is 9.91. The minimum absolute atomic E-state index is 0.0377. The summed E-state index contributed by atoms with van der Waals surface area (Å²) in [5, 5.41) is 15.1. The molecular weight excluding hydrogens is 240 g/mol. The lowest BCUT2D eigenvalue weighted by Crippen LogP contribution is -1.92. The molecule has 6 nitrogen and oxygen atoms in total. The van der Waals surface area contributed by atoms with Gasteiger partial charge >= 0.3 is 5.69 Å². The summed E-state index contributed by atoms with van der Waals surface area (Å²) >= 11 is 1.44. The number of hydrogen-bond acceptors (Lipinski definition) is 5. The number of fused-ring (bicyclic) bond motifs is 1. The highest BCUT2D eigenvalue weighted by Gasteiger charge is 2.12. The van der Waals surface area contributed by atoms with Crippen molar-refractivity contribution >= 4 is 27.2 Å². The number of rotatable bonds is 2. The lowest BCUT2D eigenvalue weighted by atomic mass is 10.3. The predicted octanol–water partition coefficient (Wildman–Crippen LogP) is 2.39. The van der Waals surface area contributed by atoms with Crippen LogP contribution >= 0.6 is 11.3 Å². The van der Waals surface area contributed by atoms with Crippen LogP contribution in [0.5, 0.6) is 0 Å². The van der Waals surface area contributed by atoms with Crippen LogP contribution in [0, 0.1) is 10.1 Å². The molecule has 2 heterocycles. The van der Waals surface area contributed by atoms with Gasteiger partial charge in [0.25, 0.3) is 0 Å². The van der Waals surface area contributed by atoms with Crippen LogP contribution in [0.4, 0.5) is 5.69 Å². The molecule has 0 atom stereocenters. The van der Waals surface area contributed by atoms with E-state index in [4.69, 9.17) is 0 Å². The van der Waals surface area contributed by atoms with Gasteiger partial charge in [0.2, 0.25) is 5.13 Å². The third-order valence-corrected chi connectivity index (χ3v) is 3.28. The quantitative estimate of drug-likeness (QED) is 0.514. The number of nitro groups is 1. The van der Waals surface area contributed by atoms with E-state index in [0.717, 1.165) is 10.2 Å². The van der Waals surface area contributed by atoms with E-state index in [-0.39, 0.29) is 5.69 Å². The van der Waals surface area contributed by atoms with E-state index in [1.54, 1.807) is 0 Å². The third-order valence-electron chi connectivity index (χ3n) is 2.26. The Morgan fingerprint density at radius 1 is 1.35 bits per heavy atom. The van der Waals surface area contributed by atoms with Crippen LogP contribution in [-0.2, 0) is 0 Å². The minimum Gasteiger partial charge on any atom is -0.258 e. The summed E-state index contributed by atoms with van der Waals surface area (Å²) in [6.07, 6.45) is 2.57. The van der Waals surface area contributed by atoms with Crippen molar-refractivity contribution in [2.75, 3.05) is 0 Å². The fourth-order valence-corrected chi connectivity index (χ4v) is 2.37. The Hall–Kier alpha value is -2.28. The molecule has 17 heavy (non-hydrogen) atoms. The van der Waals surface area contributed by atoms with Crippen molar-refractivity contribution in [3.8, 4) is 5.13 Å². The van der Waals surface area contributed by atoms with Crippen molar-refractivity contribution in [2.24, 2.45) is 0 Å². The molecule has 1 aromatic carbocycles. The summed E-state index contributed by atoms with van der Waals surface area (Å²) in [4.78, 5) is 14.4. The number of hydrogen-bond donors (Lipinski definition) is 0. The van der Waals surface area contributed by atoms with Crippen LogP contribution in [0.3, 0.4) is 0 Å². The van der Waals surface area contributed by atoms with E-state index in [1.807, 2.05) is 24.3 Å². The molecule has 84 valence electrons. The van der Waals surface area contributed by atoms with Crippen LogP contribution in [0.2, 0.25) is 0 Å². The molecule has 0 spiro atoms. The standard InChI is InChI=1S/C10H6N4O2S/c15-14(16)7-5-11-13(6-7)10-12-8-3-1-2-4-9(8)17-10/h1-6H. The minimum atomic E-state index is -0.475. The summed E-state index contributed by atoms with van der Waals surface area (Å²) in [6, 6.07) is 7.68. The molecular formula is C10H6N4O2S.